The molecule has 9 nitrogen and oxygen atoms in total. The molecule has 1 aliphatic carbocycles. The Morgan fingerprint density at radius 3 is 1.54 bits per heavy atom. The van der Waals surface area contributed by atoms with Gasteiger partial charge in [-0.15, -0.1) is 6.42 Å². The highest BCUT2D eigenvalue weighted by Crippen LogP contribution is 2.56. The smallest absolute Gasteiger partial charge is 0.264 e. The minimum atomic E-state index is -3.28. The molecule has 0 unspecified atom stereocenters. The molecule has 1 fully saturated rings. The van der Waals surface area contributed by atoms with Crippen molar-refractivity contribution in [3.05, 3.63) is 132 Å². The van der Waals surface area contributed by atoms with Crippen molar-refractivity contribution < 1.29 is 31.6 Å². The molecule has 1 aliphatic heterocycles. The Morgan fingerprint density at radius 1 is 0.762 bits per heavy atom. The number of benzene rings is 4. The van der Waals surface area contributed by atoms with Gasteiger partial charge >= 0.3 is 0 Å². The van der Waals surface area contributed by atoms with Crippen molar-refractivity contribution in [2.45, 2.75) is 111 Å². The molecule has 1 heterocycles. The summed E-state index contributed by atoms with van der Waals surface area (Å²) in [4.78, 5) is 13.0. The number of rotatable bonds is 14. The largest absolute Gasteiger partial charge is 0.494 e. The van der Waals surface area contributed by atoms with E-state index in [1.165, 1.54) is 52.5 Å². The number of amides is 1. The second-order valence-corrected chi connectivity index (χ2v) is 20.1. The average Bonchev–Trinajstić information content (AvgIpc) is 4.03. The van der Waals surface area contributed by atoms with Crippen molar-refractivity contribution >= 4 is 16.0 Å². The zero-order valence-corrected chi connectivity index (χ0v) is 40.5. The Hall–Kier alpha value is -4.92. The van der Waals surface area contributed by atoms with Crippen LogP contribution in [0.3, 0.4) is 0 Å². The van der Waals surface area contributed by atoms with E-state index in [1.807, 2.05) is 20.8 Å². The number of nitrogens with zero attached hydrogens (tertiary/aromatic N) is 1. The first-order valence-corrected chi connectivity index (χ1v) is 23.6. The maximum atomic E-state index is 10.6. The van der Waals surface area contributed by atoms with Crippen LogP contribution in [-0.4, -0.2) is 81.7 Å². The van der Waals surface area contributed by atoms with Crippen LogP contribution in [0.15, 0.2) is 110 Å². The molecule has 1 N–H and O–H groups in total. The van der Waals surface area contributed by atoms with Crippen molar-refractivity contribution in [1.82, 2.24) is 10.2 Å². The molecule has 0 saturated carbocycles. The third-order valence-electron chi connectivity index (χ3n) is 9.66. The average molecular weight is 881 g/mol. The molecular weight excluding hydrogens is 809 g/mol. The highest BCUT2D eigenvalue weighted by Gasteiger charge is 2.45. The van der Waals surface area contributed by atoms with Gasteiger partial charge in [-0.05, 0) is 132 Å². The van der Waals surface area contributed by atoms with E-state index in [2.05, 4.69) is 152 Å². The van der Waals surface area contributed by atoms with Crippen LogP contribution in [0.4, 0.5) is 0 Å². The van der Waals surface area contributed by atoms with Crippen molar-refractivity contribution in [1.29, 1.82) is 0 Å². The van der Waals surface area contributed by atoms with Gasteiger partial charge in [-0.1, -0.05) is 98.6 Å². The van der Waals surface area contributed by atoms with Gasteiger partial charge in [0.05, 0.1) is 37.1 Å². The van der Waals surface area contributed by atoms with Gasteiger partial charge in [-0.2, -0.15) is 8.42 Å². The number of hydrogen-bond donors (Lipinski definition) is 1. The first-order chi connectivity index (χ1) is 29.6. The number of nitrogens with one attached hydrogen (secondary N) is 1. The van der Waals surface area contributed by atoms with E-state index in [-0.39, 0.29) is 11.4 Å². The molecule has 0 aromatic heterocycles. The zero-order chi connectivity index (χ0) is 46.9. The van der Waals surface area contributed by atoms with Crippen molar-refractivity contribution in [2.24, 2.45) is 0 Å². The highest BCUT2D eigenvalue weighted by atomic mass is 32.2. The van der Waals surface area contributed by atoms with Crippen LogP contribution in [0.25, 0.3) is 11.1 Å². The Labute approximate surface area is 379 Å². The fraction of sp³-hybridized carbons (Fsp3) is 0.453. The molecule has 0 bridgehead atoms. The fourth-order valence-corrected chi connectivity index (χ4v) is 7.95. The molecule has 1 saturated heterocycles. The van der Waals surface area contributed by atoms with Gasteiger partial charge < -0.3 is 19.5 Å². The molecular formula is C53H72N2O7S. The van der Waals surface area contributed by atoms with Gasteiger partial charge in [-0.3, -0.25) is 13.9 Å². The van der Waals surface area contributed by atoms with Crippen LogP contribution in [0.5, 0.6) is 11.5 Å². The number of hydrogen-bond acceptors (Lipinski definition) is 8. The number of terminal acetylenes is 1. The Bertz CT molecular complexity index is 2140. The standard InChI is InChI=1S/C35H34O3.C7H13NO.C6H13N.C5H12O3S/c1-3-5-25-37-29-19-15-27(16-20-29)35(28-17-21-30(22-18-28)38-26-10-24-36-23-4-2)33-13-8-6-11-31(33)32-12-7-9-14-34(32)35;1-5-6(9)8-7(2,3)4;1-6(2,3)7-4-5-7;1-5(2,3)8-9(4,6)7/h2,6-9,11-22H,3,5,10,23-26H2,1H3;5H,1H2,2-4H3,(H,8,9);4-5H2,1-3H3;1-4H3. The summed E-state index contributed by atoms with van der Waals surface area (Å²) in [5.41, 5.74) is 6.82. The SMILES string of the molecule is C#CCOCCCOc1ccc(C2(c3ccc(OCCCC)cc3)c3ccccc3-c3ccccc32)cc1.C=CC(=O)NC(C)(C)C.CC(C)(C)N1CC1.CC(C)(C)OS(C)(=O)=O. The molecule has 2 aliphatic rings. The first-order valence-electron chi connectivity index (χ1n) is 21.8. The number of carbonyl (C=O) groups excluding carboxylic acids is 1. The minimum absolute atomic E-state index is 0.123. The number of unbranched alkanes of at least 4 members (excludes halogenated alkanes) is 1. The van der Waals surface area contributed by atoms with E-state index < -0.39 is 21.1 Å². The molecule has 63 heavy (non-hydrogen) atoms. The predicted molar refractivity (Wildman–Crippen MR) is 259 cm³/mol. The van der Waals surface area contributed by atoms with Crippen molar-refractivity contribution in [3.8, 4) is 35.0 Å². The summed E-state index contributed by atoms with van der Waals surface area (Å²) < 4.78 is 42.8. The first kappa shape index (κ1) is 52.4. The normalized spacial score (nSPS) is 13.7. The topological polar surface area (TPSA) is 103 Å². The molecule has 4 aromatic rings. The molecule has 4 aromatic carbocycles. The predicted octanol–water partition coefficient (Wildman–Crippen LogP) is 10.6. The van der Waals surface area contributed by atoms with Gasteiger partial charge in [0.2, 0.25) is 5.91 Å². The second-order valence-electron chi connectivity index (χ2n) is 18.6. The molecule has 10 heteroatoms. The van der Waals surface area contributed by atoms with E-state index in [0.717, 1.165) is 43.6 Å². The lowest BCUT2D eigenvalue weighted by atomic mass is 9.68. The molecule has 6 rings (SSSR count). The quantitative estimate of drug-likeness (QED) is 0.0387. The summed E-state index contributed by atoms with van der Waals surface area (Å²) in [6.45, 7) is 28.0. The molecule has 1 amide bonds. The van der Waals surface area contributed by atoms with E-state index in [1.54, 1.807) is 20.8 Å². The molecule has 0 atom stereocenters. The molecule has 0 spiro atoms. The van der Waals surface area contributed by atoms with Crippen LogP contribution in [0, 0.1) is 12.3 Å². The Balaban J connectivity index is 0.000000341. The lowest BCUT2D eigenvalue weighted by molar-refractivity contribution is -0.117. The van der Waals surface area contributed by atoms with Crippen LogP contribution < -0.4 is 14.8 Å². The van der Waals surface area contributed by atoms with E-state index in [0.29, 0.717) is 25.4 Å². The molecule has 0 radical (unpaired) electrons. The third-order valence-corrected chi connectivity index (χ3v) is 10.5. The van der Waals surface area contributed by atoms with E-state index >= 15 is 0 Å². The Morgan fingerprint density at radius 2 is 1.22 bits per heavy atom. The Kier molecular flexibility index (Phi) is 19.7. The summed E-state index contributed by atoms with van der Waals surface area (Å²) in [5, 5.41) is 2.71. The zero-order valence-electron chi connectivity index (χ0n) is 39.7. The van der Waals surface area contributed by atoms with Gasteiger partial charge in [0, 0.05) is 30.6 Å². The minimum Gasteiger partial charge on any atom is -0.494 e. The van der Waals surface area contributed by atoms with Crippen molar-refractivity contribution in [3.63, 3.8) is 0 Å². The fourth-order valence-electron chi connectivity index (χ4n) is 7.04. The van der Waals surface area contributed by atoms with Gasteiger partial charge in [0.25, 0.3) is 10.1 Å². The van der Waals surface area contributed by atoms with Crippen LogP contribution in [0.1, 0.15) is 111 Å². The van der Waals surface area contributed by atoms with Crippen LogP contribution in [-0.2, 0) is 29.2 Å². The number of ether oxygens (including phenoxy) is 3. The van der Waals surface area contributed by atoms with Gasteiger partial charge in [-0.25, -0.2) is 0 Å². The van der Waals surface area contributed by atoms with Gasteiger partial charge in [0.15, 0.2) is 0 Å². The lowest BCUT2D eigenvalue weighted by Gasteiger charge is -2.34. The van der Waals surface area contributed by atoms with Gasteiger partial charge in [0.1, 0.15) is 18.1 Å². The van der Waals surface area contributed by atoms with Crippen LogP contribution >= 0.6 is 0 Å². The van der Waals surface area contributed by atoms with E-state index in [9.17, 15) is 13.2 Å². The summed E-state index contributed by atoms with van der Waals surface area (Å²) in [6.07, 6.45) is 10.5. The highest BCUT2D eigenvalue weighted by molar-refractivity contribution is 7.86. The second kappa shape index (κ2) is 23.7. The number of fused-ring (bicyclic) bond motifs is 3. The molecule has 342 valence electrons. The monoisotopic (exact) mass is 881 g/mol. The maximum Gasteiger partial charge on any atom is 0.264 e. The summed E-state index contributed by atoms with van der Waals surface area (Å²) in [6, 6.07) is 34.7. The van der Waals surface area contributed by atoms with Crippen molar-refractivity contribution in [2.75, 3.05) is 45.8 Å². The summed E-state index contributed by atoms with van der Waals surface area (Å²) in [5.74, 6) is 4.12. The summed E-state index contributed by atoms with van der Waals surface area (Å²) >= 11 is 0. The van der Waals surface area contributed by atoms with E-state index in [4.69, 9.17) is 20.6 Å². The third kappa shape index (κ3) is 17.3. The lowest BCUT2D eigenvalue weighted by Crippen LogP contribution is -2.39. The maximum absolute atomic E-state index is 10.6. The summed E-state index contributed by atoms with van der Waals surface area (Å²) in [7, 11) is -3.28. The number of carbonyl (C=O) groups is 1. The van der Waals surface area contributed by atoms with Crippen LogP contribution in [0.2, 0.25) is 0 Å².